The maximum absolute atomic E-state index is 8.52. The van der Waals surface area contributed by atoms with Crippen molar-refractivity contribution in [1.29, 1.82) is 5.26 Å². The van der Waals surface area contributed by atoms with E-state index in [1.54, 1.807) is 6.07 Å². The van der Waals surface area contributed by atoms with Crippen molar-refractivity contribution in [1.82, 2.24) is 0 Å². The lowest BCUT2D eigenvalue weighted by Gasteiger charge is -2.20. The molecule has 0 N–H and O–H groups in total. The molecule has 0 bridgehead atoms. The zero-order valence-corrected chi connectivity index (χ0v) is 8.62. The van der Waals surface area contributed by atoms with Gasteiger partial charge in [-0.1, -0.05) is 17.7 Å². The smallest absolute Gasteiger partial charge is 0.170 e. The number of ether oxygens (including phenoxy) is 2. The zero-order chi connectivity index (χ0) is 10.7. The molecular formula is C11H8ClNO2. The van der Waals surface area contributed by atoms with Gasteiger partial charge in [-0.2, -0.15) is 5.26 Å². The Balaban J connectivity index is 2.49. The molecule has 0 aliphatic carbocycles. The minimum Gasteiger partial charge on any atom is -0.486 e. The van der Waals surface area contributed by atoms with Crippen LogP contribution in [0.15, 0.2) is 24.3 Å². The van der Waals surface area contributed by atoms with Crippen LogP contribution < -0.4 is 9.47 Å². The lowest BCUT2D eigenvalue weighted by atomic mass is 10.1. The van der Waals surface area contributed by atoms with Gasteiger partial charge in [0.15, 0.2) is 11.5 Å². The quantitative estimate of drug-likeness (QED) is 0.685. The summed E-state index contributed by atoms with van der Waals surface area (Å²) in [5, 5.41) is 8.88. The van der Waals surface area contributed by atoms with Gasteiger partial charge in [0.2, 0.25) is 0 Å². The highest BCUT2D eigenvalue weighted by atomic mass is 35.5. The number of nitrogens with zero attached hydrogens (tertiary/aromatic N) is 1. The second-order valence-electron chi connectivity index (χ2n) is 2.95. The zero-order valence-electron chi connectivity index (χ0n) is 7.87. The van der Waals surface area contributed by atoms with Gasteiger partial charge in [0.1, 0.15) is 13.2 Å². The Morgan fingerprint density at radius 3 is 3.00 bits per heavy atom. The van der Waals surface area contributed by atoms with Gasteiger partial charge in [-0.3, -0.25) is 0 Å². The van der Waals surface area contributed by atoms with Crippen molar-refractivity contribution < 1.29 is 9.47 Å². The summed E-state index contributed by atoms with van der Waals surface area (Å²) in [6.07, 6.45) is 1.27. The van der Waals surface area contributed by atoms with Crippen molar-refractivity contribution in [3.8, 4) is 17.6 Å². The fraction of sp³-hybridized carbons (Fsp3) is 0.182. The van der Waals surface area contributed by atoms with Crippen LogP contribution in [0.5, 0.6) is 11.5 Å². The summed E-state index contributed by atoms with van der Waals surface area (Å²) in [7, 11) is 0. The van der Waals surface area contributed by atoms with Crippen LogP contribution in [0, 0.1) is 11.3 Å². The highest BCUT2D eigenvalue weighted by Gasteiger charge is 2.16. The average molecular weight is 222 g/mol. The van der Waals surface area contributed by atoms with Gasteiger partial charge in [-0.25, -0.2) is 0 Å². The average Bonchev–Trinajstić information content (AvgIpc) is 2.28. The highest BCUT2D eigenvalue weighted by molar-refractivity contribution is 6.49. The van der Waals surface area contributed by atoms with E-state index in [2.05, 4.69) is 0 Å². The van der Waals surface area contributed by atoms with E-state index in [1.165, 1.54) is 6.08 Å². The van der Waals surface area contributed by atoms with Crippen LogP contribution in [0.4, 0.5) is 0 Å². The van der Waals surface area contributed by atoms with Gasteiger partial charge >= 0.3 is 0 Å². The van der Waals surface area contributed by atoms with Gasteiger partial charge in [0, 0.05) is 11.6 Å². The van der Waals surface area contributed by atoms with E-state index in [0.717, 1.165) is 0 Å². The van der Waals surface area contributed by atoms with Crippen LogP contribution in [0.2, 0.25) is 0 Å². The van der Waals surface area contributed by atoms with E-state index in [-0.39, 0.29) is 0 Å². The number of fused-ring (bicyclic) bond motifs is 1. The van der Waals surface area contributed by atoms with Crippen LogP contribution in [-0.4, -0.2) is 13.2 Å². The Bertz CT molecular complexity index is 448. The summed E-state index contributed by atoms with van der Waals surface area (Å²) >= 11 is 5.95. The summed E-state index contributed by atoms with van der Waals surface area (Å²) in [6.45, 7) is 1.04. The molecular weight excluding hydrogens is 214 g/mol. The Hall–Kier alpha value is -1.66. The third kappa shape index (κ3) is 1.90. The molecule has 0 saturated carbocycles. The number of halogens is 1. The molecule has 2 rings (SSSR count). The van der Waals surface area contributed by atoms with Crippen LogP contribution in [0.25, 0.3) is 5.03 Å². The maximum atomic E-state index is 8.52. The van der Waals surface area contributed by atoms with Crippen molar-refractivity contribution in [3.63, 3.8) is 0 Å². The molecule has 0 radical (unpaired) electrons. The van der Waals surface area contributed by atoms with E-state index in [9.17, 15) is 0 Å². The monoisotopic (exact) mass is 221 g/mol. The van der Waals surface area contributed by atoms with Gasteiger partial charge in [0.05, 0.1) is 11.1 Å². The topological polar surface area (TPSA) is 42.2 Å². The first-order valence-corrected chi connectivity index (χ1v) is 4.85. The molecule has 0 unspecified atom stereocenters. The van der Waals surface area contributed by atoms with E-state index >= 15 is 0 Å². The third-order valence-corrected chi connectivity index (χ3v) is 2.33. The molecule has 1 aliphatic heterocycles. The number of hydrogen-bond acceptors (Lipinski definition) is 3. The second-order valence-corrected chi connectivity index (χ2v) is 3.36. The van der Waals surface area contributed by atoms with Crippen molar-refractivity contribution >= 4 is 16.6 Å². The van der Waals surface area contributed by atoms with E-state index in [1.807, 2.05) is 18.2 Å². The maximum Gasteiger partial charge on any atom is 0.170 e. The predicted molar refractivity (Wildman–Crippen MR) is 56.9 cm³/mol. The molecule has 4 heteroatoms. The first kappa shape index (κ1) is 9.88. The minimum absolute atomic E-state index is 0.361. The largest absolute Gasteiger partial charge is 0.486 e. The number of benzene rings is 1. The van der Waals surface area contributed by atoms with Crippen molar-refractivity contribution in [2.75, 3.05) is 13.2 Å². The number of nitriles is 1. The summed E-state index contributed by atoms with van der Waals surface area (Å²) < 4.78 is 10.9. The number of hydrogen-bond donors (Lipinski definition) is 0. The number of rotatable bonds is 1. The molecule has 1 aromatic carbocycles. The lowest BCUT2D eigenvalue weighted by Crippen LogP contribution is -2.16. The summed E-state index contributed by atoms with van der Waals surface area (Å²) in [5.41, 5.74) is 0.690. The first-order chi connectivity index (χ1) is 7.33. The minimum atomic E-state index is 0.361. The van der Waals surface area contributed by atoms with Crippen LogP contribution in [0.1, 0.15) is 5.56 Å². The van der Waals surface area contributed by atoms with Crippen molar-refractivity contribution in [3.05, 3.63) is 29.8 Å². The summed E-state index contributed by atoms with van der Waals surface area (Å²) in [4.78, 5) is 0. The Morgan fingerprint density at radius 1 is 1.40 bits per heavy atom. The van der Waals surface area contributed by atoms with Gasteiger partial charge in [0.25, 0.3) is 0 Å². The molecule has 0 spiro atoms. The normalized spacial score (nSPS) is 14.5. The molecule has 1 aromatic rings. The fourth-order valence-corrected chi connectivity index (χ4v) is 1.59. The SMILES string of the molecule is N#C/C=C(/Cl)c1cccc2c1OCCO2. The highest BCUT2D eigenvalue weighted by Crippen LogP contribution is 2.38. The van der Waals surface area contributed by atoms with Crippen molar-refractivity contribution in [2.45, 2.75) is 0 Å². The number of allylic oxidation sites excluding steroid dienone is 1. The lowest BCUT2D eigenvalue weighted by molar-refractivity contribution is 0.171. The summed E-state index contributed by atoms with van der Waals surface area (Å²) in [5.74, 6) is 1.28. The Kier molecular flexibility index (Phi) is 2.79. The van der Waals surface area contributed by atoms with Gasteiger partial charge in [-0.15, -0.1) is 0 Å². The van der Waals surface area contributed by atoms with Crippen molar-refractivity contribution in [2.24, 2.45) is 0 Å². The Labute approximate surface area is 92.5 Å². The molecule has 0 saturated heterocycles. The second kappa shape index (κ2) is 4.24. The Morgan fingerprint density at radius 2 is 2.20 bits per heavy atom. The first-order valence-electron chi connectivity index (χ1n) is 4.47. The molecule has 0 fully saturated rings. The fourth-order valence-electron chi connectivity index (χ4n) is 1.40. The summed E-state index contributed by atoms with van der Waals surface area (Å²) in [6, 6.07) is 7.31. The van der Waals surface area contributed by atoms with Crippen LogP contribution in [-0.2, 0) is 0 Å². The van der Waals surface area contributed by atoms with E-state index in [0.29, 0.717) is 35.3 Å². The molecule has 76 valence electrons. The predicted octanol–water partition coefficient (Wildman–Crippen LogP) is 2.56. The molecule has 3 nitrogen and oxygen atoms in total. The van der Waals surface area contributed by atoms with Crippen LogP contribution in [0.3, 0.4) is 0 Å². The van der Waals surface area contributed by atoms with Gasteiger partial charge in [-0.05, 0) is 12.1 Å². The standard InChI is InChI=1S/C11H8ClNO2/c12-9(4-5-13)8-2-1-3-10-11(8)15-7-6-14-10/h1-4H,6-7H2/b9-4+. The van der Waals surface area contributed by atoms with Gasteiger partial charge < -0.3 is 9.47 Å². The van der Waals surface area contributed by atoms with E-state index in [4.69, 9.17) is 26.3 Å². The molecule has 15 heavy (non-hydrogen) atoms. The molecule has 1 heterocycles. The molecule has 0 aromatic heterocycles. The van der Waals surface area contributed by atoms with E-state index < -0.39 is 0 Å². The number of para-hydroxylation sites is 1. The molecule has 0 amide bonds. The van der Waals surface area contributed by atoms with Crippen LogP contribution >= 0.6 is 11.6 Å². The third-order valence-electron chi connectivity index (χ3n) is 2.01. The molecule has 0 atom stereocenters. The molecule has 1 aliphatic rings.